The van der Waals surface area contributed by atoms with Crippen molar-refractivity contribution in [2.24, 2.45) is 0 Å². The Kier molecular flexibility index (Phi) is 5.33. The number of hydrogen-bond donors (Lipinski definition) is 0. The summed E-state index contributed by atoms with van der Waals surface area (Å²) >= 11 is 5.83. The van der Waals surface area contributed by atoms with Crippen LogP contribution in [0, 0.1) is 6.92 Å². The van der Waals surface area contributed by atoms with E-state index in [9.17, 15) is 0 Å². The average molecular weight is 345 g/mol. The molecule has 0 amide bonds. The van der Waals surface area contributed by atoms with Gasteiger partial charge in [0.15, 0.2) is 0 Å². The van der Waals surface area contributed by atoms with E-state index in [1.807, 2.05) is 36.4 Å². The molecule has 124 valence electrons. The van der Waals surface area contributed by atoms with Crippen LogP contribution in [0.5, 0.6) is 11.5 Å². The Morgan fingerprint density at radius 1 is 1.00 bits per heavy atom. The normalized spacial score (nSPS) is 10.6. The summed E-state index contributed by atoms with van der Waals surface area (Å²) in [7, 11) is 0. The van der Waals surface area contributed by atoms with E-state index >= 15 is 0 Å². The summed E-state index contributed by atoms with van der Waals surface area (Å²) < 4.78 is 16.4. The third-order valence-corrected chi connectivity index (χ3v) is 3.51. The van der Waals surface area contributed by atoms with Gasteiger partial charge < -0.3 is 14.0 Å². The minimum Gasteiger partial charge on any atom is -0.493 e. The molecule has 0 radical (unpaired) electrons. The highest BCUT2D eigenvalue weighted by atomic mass is 35.5. The summed E-state index contributed by atoms with van der Waals surface area (Å²) in [4.78, 5) is 4.21. The molecule has 0 N–H and O–H groups in total. The molecule has 0 saturated heterocycles. The van der Waals surface area contributed by atoms with E-state index in [0.29, 0.717) is 30.0 Å². The molecule has 0 aliphatic carbocycles. The van der Waals surface area contributed by atoms with Crippen LogP contribution in [0.1, 0.15) is 12.3 Å². The van der Waals surface area contributed by atoms with E-state index in [1.54, 1.807) is 19.1 Å². The summed E-state index contributed by atoms with van der Waals surface area (Å²) in [5.41, 5.74) is 0.863. The monoisotopic (exact) mass is 344 g/mol. The van der Waals surface area contributed by atoms with Crippen LogP contribution in [0.2, 0.25) is 5.02 Å². The summed E-state index contributed by atoms with van der Waals surface area (Å²) in [6.45, 7) is 2.89. The highest BCUT2D eigenvalue weighted by Gasteiger charge is 2.06. The molecule has 2 aromatic carbocycles. The van der Waals surface area contributed by atoms with E-state index in [4.69, 9.17) is 25.6 Å². The quantitative estimate of drug-likeness (QED) is 0.589. The second kappa shape index (κ2) is 7.84. The van der Waals surface area contributed by atoms with Gasteiger partial charge in [-0.05, 0) is 36.4 Å². The fourth-order valence-corrected chi connectivity index (χ4v) is 2.24. The molecule has 0 aliphatic rings. The van der Waals surface area contributed by atoms with Gasteiger partial charge in [0.1, 0.15) is 11.5 Å². The predicted molar refractivity (Wildman–Crippen MR) is 91.5 cm³/mol. The molecule has 0 unspecified atom stereocenters. The molecule has 24 heavy (non-hydrogen) atoms. The lowest BCUT2D eigenvalue weighted by Gasteiger charge is -2.08. The number of aromatic nitrogens is 2. The van der Waals surface area contributed by atoms with Gasteiger partial charge in [-0.3, -0.25) is 0 Å². The molecule has 1 heterocycles. The van der Waals surface area contributed by atoms with E-state index in [0.717, 1.165) is 23.5 Å². The zero-order valence-electron chi connectivity index (χ0n) is 13.2. The van der Waals surface area contributed by atoms with Gasteiger partial charge in [0.25, 0.3) is 0 Å². The van der Waals surface area contributed by atoms with Gasteiger partial charge in [0.2, 0.25) is 11.7 Å². The maximum absolute atomic E-state index is 5.83. The standard InChI is InChI=1S/C18H17ClN2O3/c1-13-20-18(21-24-13)14-4-2-5-17(12-14)23-11-3-10-22-16-8-6-15(19)7-9-16/h2,4-9,12H,3,10-11H2,1H3. The Morgan fingerprint density at radius 2 is 1.75 bits per heavy atom. The molecule has 0 fully saturated rings. The van der Waals surface area contributed by atoms with Crippen molar-refractivity contribution in [1.82, 2.24) is 10.1 Å². The fraction of sp³-hybridized carbons (Fsp3) is 0.222. The third-order valence-electron chi connectivity index (χ3n) is 3.26. The number of ether oxygens (including phenoxy) is 2. The van der Waals surface area contributed by atoms with Gasteiger partial charge in [0.05, 0.1) is 13.2 Å². The molecule has 1 aromatic heterocycles. The van der Waals surface area contributed by atoms with Gasteiger partial charge >= 0.3 is 0 Å². The topological polar surface area (TPSA) is 57.4 Å². The van der Waals surface area contributed by atoms with Crippen LogP contribution in [-0.2, 0) is 0 Å². The van der Waals surface area contributed by atoms with E-state index in [1.165, 1.54) is 0 Å². The molecule has 0 atom stereocenters. The molecule has 0 aliphatic heterocycles. The van der Waals surface area contributed by atoms with Gasteiger partial charge in [-0.1, -0.05) is 28.9 Å². The first-order valence-corrected chi connectivity index (χ1v) is 8.00. The summed E-state index contributed by atoms with van der Waals surface area (Å²) in [6, 6.07) is 14.9. The van der Waals surface area contributed by atoms with Crippen LogP contribution in [0.3, 0.4) is 0 Å². The second-order valence-electron chi connectivity index (χ2n) is 5.17. The third kappa shape index (κ3) is 4.49. The maximum Gasteiger partial charge on any atom is 0.223 e. The molecule has 0 spiro atoms. The Balaban J connectivity index is 1.46. The average Bonchev–Trinajstić information content (AvgIpc) is 3.03. The molecule has 3 aromatic rings. The lowest BCUT2D eigenvalue weighted by Crippen LogP contribution is -2.05. The second-order valence-corrected chi connectivity index (χ2v) is 5.61. The number of rotatable bonds is 7. The fourth-order valence-electron chi connectivity index (χ4n) is 2.11. The Labute approximate surface area is 145 Å². The Bertz CT molecular complexity index is 787. The highest BCUT2D eigenvalue weighted by molar-refractivity contribution is 6.30. The summed E-state index contributed by atoms with van der Waals surface area (Å²) in [5, 5.41) is 4.60. The SMILES string of the molecule is Cc1nc(-c2cccc(OCCCOc3ccc(Cl)cc3)c2)no1. The zero-order valence-corrected chi connectivity index (χ0v) is 14.0. The van der Waals surface area contributed by atoms with Crippen molar-refractivity contribution in [1.29, 1.82) is 0 Å². The number of halogens is 1. The van der Waals surface area contributed by atoms with Gasteiger partial charge in [-0.25, -0.2) is 0 Å². The van der Waals surface area contributed by atoms with Crippen LogP contribution in [-0.4, -0.2) is 23.4 Å². The number of benzene rings is 2. The van der Waals surface area contributed by atoms with Gasteiger partial charge in [-0.2, -0.15) is 4.98 Å². The van der Waals surface area contributed by atoms with Crippen molar-refractivity contribution in [2.75, 3.05) is 13.2 Å². The van der Waals surface area contributed by atoms with Crippen LogP contribution >= 0.6 is 11.6 Å². The van der Waals surface area contributed by atoms with Crippen molar-refractivity contribution >= 4 is 11.6 Å². The smallest absolute Gasteiger partial charge is 0.223 e. The van der Waals surface area contributed by atoms with E-state index in [2.05, 4.69) is 10.1 Å². The van der Waals surface area contributed by atoms with Crippen molar-refractivity contribution in [2.45, 2.75) is 13.3 Å². The van der Waals surface area contributed by atoms with Crippen molar-refractivity contribution in [3.63, 3.8) is 0 Å². The first-order chi connectivity index (χ1) is 11.7. The largest absolute Gasteiger partial charge is 0.493 e. The lowest BCUT2D eigenvalue weighted by atomic mass is 10.2. The molecular weight excluding hydrogens is 328 g/mol. The molecule has 0 bridgehead atoms. The number of nitrogens with zero attached hydrogens (tertiary/aromatic N) is 2. The van der Waals surface area contributed by atoms with Crippen LogP contribution < -0.4 is 9.47 Å². The van der Waals surface area contributed by atoms with Crippen LogP contribution in [0.25, 0.3) is 11.4 Å². The number of aryl methyl sites for hydroxylation is 1. The Morgan fingerprint density at radius 3 is 2.46 bits per heavy atom. The van der Waals surface area contributed by atoms with Gasteiger partial charge in [0, 0.05) is 23.9 Å². The molecular formula is C18H17ClN2O3. The van der Waals surface area contributed by atoms with Crippen LogP contribution in [0.4, 0.5) is 0 Å². The summed E-state index contributed by atoms with van der Waals surface area (Å²) in [6.07, 6.45) is 0.772. The zero-order chi connectivity index (χ0) is 16.8. The minimum absolute atomic E-state index is 0.538. The van der Waals surface area contributed by atoms with Crippen molar-refractivity contribution in [3.05, 3.63) is 59.4 Å². The number of hydrogen-bond acceptors (Lipinski definition) is 5. The highest BCUT2D eigenvalue weighted by Crippen LogP contribution is 2.21. The lowest BCUT2D eigenvalue weighted by molar-refractivity contribution is 0.247. The minimum atomic E-state index is 0.538. The van der Waals surface area contributed by atoms with E-state index in [-0.39, 0.29) is 0 Å². The molecule has 3 rings (SSSR count). The summed E-state index contributed by atoms with van der Waals surface area (Å²) in [5.74, 6) is 2.66. The predicted octanol–water partition coefficient (Wildman–Crippen LogP) is 4.55. The Hall–Kier alpha value is -2.53. The maximum atomic E-state index is 5.83. The van der Waals surface area contributed by atoms with E-state index < -0.39 is 0 Å². The van der Waals surface area contributed by atoms with Crippen LogP contribution in [0.15, 0.2) is 53.1 Å². The van der Waals surface area contributed by atoms with Crippen molar-refractivity contribution in [3.8, 4) is 22.9 Å². The molecule has 5 nitrogen and oxygen atoms in total. The first-order valence-electron chi connectivity index (χ1n) is 7.62. The molecule has 0 saturated carbocycles. The van der Waals surface area contributed by atoms with Crippen molar-refractivity contribution < 1.29 is 14.0 Å². The first kappa shape index (κ1) is 16.3. The molecule has 6 heteroatoms. The van der Waals surface area contributed by atoms with Gasteiger partial charge in [-0.15, -0.1) is 0 Å².